The maximum Gasteiger partial charge on any atom is 1.00 e. The molecule has 0 aromatic heterocycles. The number of halogens is 1. The van der Waals surface area contributed by atoms with Gasteiger partial charge >= 0.3 is 1.43 Å². The van der Waals surface area contributed by atoms with E-state index in [0.29, 0.717) is 5.88 Å². The van der Waals surface area contributed by atoms with Crippen LogP contribution in [0.5, 0.6) is 0 Å². The first-order valence-electron chi connectivity index (χ1n) is 1.25. The van der Waals surface area contributed by atoms with Gasteiger partial charge in [-0.1, -0.05) is 6.92 Å². The third-order valence-corrected chi connectivity index (χ3v) is 0.463. The van der Waals surface area contributed by atoms with Crippen LogP contribution in [0.1, 0.15) is 8.35 Å². The largest absolute Gasteiger partial charge is 1.00 e. The Bertz CT molecular complexity index is 8.85. The van der Waals surface area contributed by atoms with Gasteiger partial charge in [-0.25, -0.2) is 0 Å². The van der Waals surface area contributed by atoms with Crippen LogP contribution in [-0.2, 0) is 0 Å². The van der Waals surface area contributed by atoms with Crippen molar-refractivity contribution in [2.45, 2.75) is 6.92 Å². The molecule has 0 aromatic rings. The summed E-state index contributed by atoms with van der Waals surface area (Å²) < 4.78 is 0. The lowest BCUT2D eigenvalue weighted by Crippen LogP contribution is -1.57. The van der Waals surface area contributed by atoms with Gasteiger partial charge in [0.25, 0.3) is 0 Å². The average Bonchev–Trinajstić information content (AvgIpc) is 1.37. The van der Waals surface area contributed by atoms with Crippen LogP contribution in [0.2, 0.25) is 0 Å². The second-order valence-electron chi connectivity index (χ2n) is 0.563. The van der Waals surface area contributed by atoms with Gasteiger partial charge in [0.15, 0.2) is 0 Å². The fourth-order valence-electron chi connectivity index (χ4n) is 0. The standard InChI is InChI=1S/C3H6Cl/c1-2-3-4/h2H,3H2,1H3/p+1. The topological polar surface area (TPSA) is 0 Å². The van der Waals surface area contributed by atoms with Gasteiger partial charge in [0.1, 0.15) is 0 Å². The summed E-state index contributed by atoms with van der Waals surface area (Å²) in [6.07, 6.45) is 1.89. The molecule has 0 aliphatic carbocycles. The lowest BCUT2D eigenvalue weighted by Gasteiger charge is -1.65. The lowest BCUT2D eigenvalue weighted by atomic mass is 10.6. The average molecular weight is 78.5 g/mol. The Morgan fingerprint density at radius 1 is 2.25 bits per heavy atom. The molecule has 0 aliphatic heterocycles. The first kappa shape index (κ1) is 4.29. The van der Waals surface area contributed by atoms with Crippen LogP contribution < -0.4 is 0 Å². The van der Waals surface area contributed by atoms with Gasteiger partial charge in [0, 0.05) is 5.88 Å². The number of alkyl halides is 1. The molecule has 25 valence electrons. The fourth-order valence-corrected chi connectivity index (χ4v) is 0. The van der Waals surface area contributed by atoms with Gasteiger partial charge in [0.05, 0.1) is 0 Å². The molecule has 1 heteroatoms. The summed E-state index contributed by atoms with van der Waals surface area (Å²) in [7, 11) is 0. The zero-order chi connectivity index (χ0) is 3.41. The van der Waals surface area contributed by atoms with E-state index in [1.165, 1.54) is 0 Å². The number of rotatable bonds is 1. The minimum Gasteiger partial charge on any atom is -0.126 e. The molecule has 0 saturated heterocycles. The molecule has 0 spiro atoms. The summed E-state index contributed by atoms with van der Waals surface area (Å²) in [5, 5.41) is 0. The molecule has 0 saturated carbocycles. The minimum absolute atomic E-state index is 0. The molecule has 0 bridgehead atoms. The Balaban J connectivity index is 0. The van der Waals surface area contributed by atoms with E-state index in [1.807, 2.05) is 13.3 Å². The highest BCUT2D eigenvalue weighted by Gasteiger charge is 1.59. The smallest absolute Gasteiger partial charge is 0.126 e. The van der Waals surface area contributed by atoms with Crippen LogP contribution in [-0.4, -0.2) is 5.88 Å². The highest BCUT2D eigenvalue weighted by Crippen LogP contribution is 1.73. The molecule has 4 heavy (non-hydrogen) atoms. The Labute approximate surface area is 33.3 Å². The van der Waals surface area contributed by atoms with E-state index in [1.54, 1.807) is 0 Å². The molecule has 0 rings (SSSR count). The van der Waals surface area contributed by atoms with E-state index in [-0.39, 0.29) is 1.43 Å². The number of hydrogen-bond acceptors (Lipinski definition) is 0. The highest BCUT2D eigenvalue weighted by atomic mass is 35.5. The van der Waals surface area contributed by atoms with Gasteiger partial charge in [-0.3, -0.25) is 0 Å². The molecule has 0 amide bonds. The molecule has 0 nitrogen and oxygen atoms in total. The van der Waals surface area contributed by atoms with Crippen molar-refractivity contribution in [1.29, 1.82) is 0 Å². The molecule has 0 unspecified atom stereocenters. The summed E-state index contributed by atoms with van der Waals surface area (Å²) in [5.41, 5.74) is 0. The fraction of sp³-hybridized carbons (Fsp3) is 0.667. The lowest BCUT2D eigenvalue weighted by molar-refractivity contribution is 1.42. The van der Waals surface area contributed by atoms with E-state index in [0.717, 1.165) is 0 Å². The quantitative estimate of drug-likeness (QED) is 0.418. The van der Waals surface area contributed by atoms with Crippen LogP contribution in [0.15, 0.2) is 0 Å². The Morgan fingerprint density at radius 2 is 2.50 bits per heavy atom. The molecular formula is C3H7Cl+. The maximum absolute atomic E-state index is 5.13. The molecule has 0 aliphatic rings. The van der Waals surface area contributed by atoms with Crippen molar-refractivity contribution in [2.24, 2.45) is 0 Å². The van der Waals surface area contributed by atoms with Crippen molar-refractivity contribution in [3.05, 3.63) is 6.42 Å². The van der Waals surface area contributed by atoms with E-state index in [9.17, 15) is 0 Å². The predicted molar refractivity (Wildman–Crippen MR) is 21.8 cm³/mol. The third kappa shape index (κ3) is 2.29. The van der Waals surface area contributed by atoms with Gasteiger partial charge < -0.3 is 0 Å². The van der Waals surface area contributed by atoms with Gasteiger partial charge in [-0.2, -0.15) is 0 Å². The Morgan fingerprint density at radius 3 is 2.50 bits per heavy atom. The van der Waals surface area contributed by atoms with Crippen LogP contribution in [0.4, 0.5) is 0 Å². The molecule has 1 radical (unpaired) electrons. The zero-order valence-electron chi connectivity index (χ0n) is 3.66. The second-order valence-corrected chi connectivity index (χ2v) is 0.871. The molecule has 0 atom stereocenters. The first-order chi connectivity index (χ1) is 1.91. The monoisotopic (exact) mass is 78.0 g/mol. The second kappa shape index (κ2) is 3.29. The third-order valence-electron chi connectivity index (χ3n) is 0.154. The summed E-state index contributed by atoms with van der Waals surface area (Å²) >= 11 is 5.13. The van der Waals surface area contributed by atoms with Crippen molar-refractivity contribution in [2.75, 3.05) is 5.88 Å². The number of hydrogen-bond donors (Lipinski definition) is 0. The predicted octanol–water partition coefficient (Wildman–Crippen LogP) is 1.56. The maximum atomic E-state index is 5.13. The van der Waals surface area contributed by atoms with Gasteiger partial charge in [-0.05, 0) is 6.42 Å². The van der Waals surface area contributed by atoms with Crippen LogP contribution in [0.3, 0.4) is 0 Å². The molecular weight excluding hydrogens is 71.5 g/mol. The summed E-state index contributed by atoms with van der Waals surface area (Å²) in [6, 6.07) is 0. The van der Waals surface area contributed by atoms with Crippen molar-refractivity contribution in [3.63, 3.8) is 0 Å². The van der Waals surface area contributed by atoms with Crippen molar-refractivity contribution in [3.8, 4) is 0 Å². The van der Waals surface area contributed by atoms with Crippen molar-refractivity contribution >= 4 is 11.6 Å². The van der Waals surface area contributed by atoms with E-state index >= 15 is 0 Å². The normalized spacial score (nSPS) is 7.50. The Hall–Kier alpha value is 0.290. The minimum atomic E-state index is 0. The highest BCUT2D eigenvalue weighted by molar-refractivity contribution is 6.18. The van der Waals surface area contributed by atoms with Crippen molar-refractivity contribution in [1.82, 2.24) is 0 Å². The van der Waals surface area contributed by atoms with E-state index in [2.05, 4.69) is 0 Å². The Kier molecular flexibility index (Phi) is 3.53. The first-order valence-corrected chi connectivity index (χ1v) is 1.79. The SMILES string of the molecule is C[CH]CCl.[H+]. The molecule has 0 fully saturated rings. The molecule has 0 aromatic carbocycles. The molecule has 0 heterocycles. The van der Waals surface area contributed by atoms with E-state index in [4.69, 9.17) is 11.6 Å². The van der Waals surface area contributed by atoms with E-state index < -0.39 is 0 Å². The summed E-state index contributed by atoms with van der Waals surface area (Å²) in [5.74, 6) is 0.667. The summed E-state index contributed by atoms with van der Waals surface area (Å²) in [6.45, 7) is 1.92. The summed E-state index contributed by atoms with van der Waals surface area (Å²) in [4.78, 5) is 0. The van der Waals surface area contributed by atoms with Crippen LogP contribution in [0, 0.1) is 6.42 Å². The van der Waals surface area contributed by atoms with Crippen LogP contribution >= 0.6 is 11.6 Å². The van der Waals surface area contributed by atoms with Crippen molar-refractivity contribution < 1.29 is 1.43 Å². The zero-order valence-corrected chi connectivity index (χ0v) is 3.42. The van der Waals surface area contributed by atoms with Gasteiger partial charge in [0.2, 0.25) is 0 Å². The van der Waals surface area contributed by atoms with Gasteiger partial charge in [-0.15, -0.1) is 11.6 Å². The molecule has 0 N–H and O–H groups in total. The van der Waals surface area contributed by atoms with Crippen LogP contribution in [0.25, 0.3) is 0 Å².